The molecule has 4 nitrogen and oxygen atoms in total. The summed E-state index contributed by atoms with van der Waals surface area (Å²) in [5.74, 6) is -0.0518. The molecule has 138 valence electrons. The fourth-order valence-electron chi connectivity index (χ4n) is 4.20. The maximum atomic E-state index is 13.6. The summed E-state index contributed by atoms with van der Waals surface area (Å²) >= 11 is 0. The van der Waals surface area contributed by atoms with Crippen LogP contribution in [0.15, 0.2) is 65.5 Å². The normalized spacial score (nSPS) is 14.4. The smallest absolute Gasteiger partial charge is 0.272 e. The number of aromatic amines is 2. The van der Waals surface area contributed by atoms with E-state index in [1.807, 2.05) is 54.6 Å². The van der Waals surface area contributed by atoms with Crippen molar-refractivity contribution in [1.82, 2.24) is 9.97 Å². The number of aromatic nitrogens is 2. The number of allylic oxidation sites excluding steroid dienone is 2. The van der Waals surface area contributed by atoms with E-state index in [1.165, 1.54) is 0 Å². The zero-order valence-electron chi connectivity index (χ0n) is 15.4. The molecule has 0 radical (unpaired) electrons. The molecule has 0 amide bonds. The van der Waals surface area contributed by atoms with Crippen molar-refractivity contribution in [2.24, 2.45) is 0 Å². The van der Waals surface area contributed by atoms with Crippen LogP contribution < -0.4 is 5.56 Å². The Morgan fingerprint density at radius 3 is 2.46 bits per heavy atom. The fourth-order valence-corrected chi connectivity index (χ4v) is 4.20. The molecule has 4 aromatic rings. The van der Waals surface area contributed by atoms with Gasteiger partial charge in [-0.3, -0.25) is 9.59 Å². The summed E-state index contributed by atoms with van der Waals surface area (Å²) in [6.07, 6.45) is 6.37. The molecule has 1 aliphatic carbocycles. The van der Waals surface area contributed by atoms with Gasteiger partial charge in [-0.2, -0.15) is 0 Å². The number of carbonyl (C=O) groups excluding carboxylic acids is 1. The summed E-state index contributed by atoms with van der Waals surface area (Å²) < 4.78 is 0. The third-order valence-corrected chi connectivity index (χ3v) is 5.55. The molecule has 28 heavy (non-hydrogen) atoms. The number of ketones is 1. The summed E-state index contributed by atoms with van der Waals surface area (Å²) in [5, 5.41) is 1.60. The number of hydrogen-bond donors (Lipinski definition) is 2. The van der Waals surface area contributed by atoms with Crippen LogP contribution in [0.4, 0.5) is 0 Å². The fraction of sp³-hybridized carbons (Fsp3) is 0.167. The van der Waals surface area contributed by atoms with Crippen molar-refractivity contribution < 1.29 is 4.79 Å². The van der Waals surface area contributed by atoms with Crippen molar-refractivity contribution in [3.8, 4) is 0 Å². The topological polar surface area (TPSA) is 65.7 Å². The predicted molar refractivity (Wildman–Crippen MR) is 113 cm³/mol. The maximum absolute atomic E-state index is 13.6. The summed E-state index contributed by atoms with van der Waals surface area (Å²) in [4.78, 5) is 32.6. The molecule has 5 rings (SSSR count). The number of nitrogens with one attached hydrogen (secondary N) is 2. The second-order valence-corrected chi connectivity index (χ2v) is 7.30. The predicted octanol–water partition coefficient (Wildman–Crippen LogP) is 5.20. The van der Waals surface area contributed by atoms with E-state index >= 15 is 0 Å². The van der Waals surface area contributed by atoms with Crippen molar-refractivity contribution in [2.75, 3.05) is 0 Å². The molecule has 0 saturated carbocycles. The molecule has 4 heteroatoms. The first-order valence-electron chi connectivity index (χ1n) is 9.70. The van der Waals surface area contributed by atoms with Crippen LogP contribution in [0.2, 0.25) is 0 Å². The van der Waals surface area contributed by atoms with Gasteiger partial charge >= 0.3 is 0 Å². The molecule has 2 N–H and O–H groups in total. The van der Waals surface area contributed by atoms with E-state index < -0.39 is 0 Å². The number of carbonyl (C=O) groups is 1. The van der Waals surface area contributed by atoms with Gasteiger partial charge in [-0.25, -0.2) is 0 Å². The molecule has 0 unspecified atom stereocenters. The van der Waals surface area contributed by atoms with E-state index in [1.54, 1.807) is 0 Å². The lowest BCUT2D eigenvalue weighted by Gasteiger charge is -2.13. The highest BCUT2D eigenvalue weighted by Gasteiger charge is 2.25. The van der Waals surface area contributed by atoms with E-state index in [2.05, 4.69) is 16.0 Å². The van der Waals surface area contributed by atoms with Crippen molar-refractivity contribution in [2.45, 2.75) is 25.7 Å². The van der Waals surface area contributed by atoms with Gasteiger partial charge in [0.2, 0.25) is 0 Å². The Bertz CT molecular complexity index is 1290. The van der Waals surface area contributed by atoms with Gasteiger partial charge in [-0.05, 0) is 37.3 Å². The van der Waals surface area contributed by atoms with Crippen LogP contribution in [0.3, 0.4) is 0 Å². The first kappa shape index (κ1) is 16.8. The Balaban J connectivity index is 1.90. The van der Waals surface area contributed by atoms with E-state index in [0.29, 0.717) is 16.6 Å². The van der Waals surface area contributed by atoms with Gasteiger partial charge in [-0.1, -0.05) is 54.6 Å². The quantitative estimate of drug-likeness (QED) is 0.488. The van der Waals surface area contributed by atoms with Gasteiger partial charge in [0, 0.05) is 21.9 Å². The van der Waals surface area contributed by atoms with Crippen LogP contribution >= 0.6 is 0 Å². The molecule has 1 aliphatic rings. The Kier molecular flexibility index (Phi) is 3.97. The van der Waals surface area contributed by atoms with Crippen LogP contribution in [-0.2, 0) is 0 Å². The first-order chi connectivity index (χ1) is 13.7. The summed E-state index contributed by atoms with van der Waals surface area (Å²) in [5.41, 5.74) is 4.18. The number of rotatable bonds is 3. The van der Waals surface area contributed by atoms with Gasteiger partial charge < -0.3 is 9.97 Å². The largest absolute Gasteiger partial charge is 0.350 e. The Labute approximate surface area is 161 Å². The van der Waals surface area contributed by atoms with Crippen molar-refractivity contribution in [1.29, 1.82) is 0 Å². The Morgan fingerprint density at radius 2 is 1.68 bits per heavy atom. The SMILES string of the molecule is O=C(c1ccccc1)c1c(C2=CCCCC2)[nH]c2c(=O)[nH]c3ccccc3c12. The average Bonchev–Trinajstić information content (AvgIpc) is 3.16. The maximum Gasteiger partial charge on any atom is 0.272 e. The average molecular weight is 368 g/mol. The molecular weight excluding hydrogens is 348 g/mol. The third-order valence-electron chi connectivity index (χ3n) is 5.55. The highest BCUT2D eigenvalue weighted by molar-refractivity contribution is 6.24. The minimum absolute atomic E-state index is 0.0518. The number of H-pyrrole nitrogens is 2. The van der Waals surface area contributed by atoms with Gasteiger partial charge in [0.05, 0.1) is 11.3 Å². The third kappa shape index (κ3) is 2.61. The van der Waals surface area contributed by atoms with Gasteiger partial charge in [-0.15, -0.1) is 0 Å². The molecule has 0 bridgehead atoms. The zero-order valence-corrected chi connectivity index (χ0v) is 15.4. The van der Waals surface area contributed by atoms with Crippen LogP contribution in [0.25, 0.3) is 27.4 Å². The second-order valence-electron chi connectivity index (χ2n) is 7.30. The molecule has 0 aliphatic heterocycles. The van der Waals surface area contributed by atoms with Crippen LogP contribution in [0.5, 0.6) is 0 Å². The Hall–Kier alpha value is -3.40. The van der Waals surface area contributed by atoms with E-state index in [-0.39, 0.29) is 11.3 Å². The van der Waals surface area contributed by atoms with Gasteiger partial charge in [0.1, 0.15) is 5.52 Å². The molecule has 0 spiro atoms. The van der Waals surface area contributed by atoms with E-state index in [0.717, 1.165) is 53.2 Å². The van der Waals surface area contributed by atoms with Gasteiger partial charge in [0.25, 0.3) is 5.56 Å². The molecule has 0 atom stereocenters. The summed E-state index contributed by atoms with van der Waals surface area (Å²) in [6.45, 7) is 0. The lowest BCUT2D eigenvalue weighted by Crippen LogP contribution is -2.07. The summed E-state index contributed by atoms with van der Waals surface area (Å²) in [7, 11) is 0. The second kappa shape index (κ2) is 6.64. The van der Waals surface area contributed by atoms with Crippen LogP contribution in [0, 0.1) is 0 Å². The molecule has 0 fully saturated rings. The summed E-state index contributed by atoms with van der Waals surface area (Å²) in [6, 6.07) is 17.0. The number of benzene rings is 2. The van der Waals surface area contributed by atoms with Crippen LogP contribution in [-0.4, -0.2) is 15.8 Å². The van der Waals surface area contributed by atoms with E-state index in [4.69, 9.17) is 0 Å². The number of fused-ring (bicyclic) bond motifs is 3. The van der Waals surface area contributed by atoms with Crippen molar-refractivity contribution in [3.05, 3.63) is 87.8 Å². The minimum Gasteiger partial charge on any atom is -0.350 e. The molecular formula is C24H20N2O2. The molecule has 2 aromatic carbocycles. The standard InChI is InChI=1S/C24H20N2O2/c27-23(16-11-5-2-6-12-16)20-19-17-13-7-8-14-18(17)25-24(28)22(19)26-21(20)15-9-3-1-4-10-15/h2,5-9,11-14,26H,1,3-4,10H2,(H,25,28). The monoisotopic (exact) mass is 368 g/mol. The lowest BCUT2D eigenvalue weighted by molar-refractivity contribution is 0.104. The molecule has 0 saturated heterocycles. The van der Waals surface area contributed by atoms with Crippen LogP contribution in [0.1, 0.15) is 47.3 Å². The zero-order chi connectivity index (χ0) is 19.1. The molecule has 2 aromatic heterocycles. The number of para-hydroxylation sites is 1. The number of hydrogen-bond acceptors (Lipinski definition) is 2. The van der Waals surface area contributed by atoms with Gasteiger partial charge in [0.15, 0.2) is 5.78 Å². The minimum atomic E-state index is -0.196. The highest BCUT2D eigenvalue weighted by Crippen LogP contribution is 2.35. The van der Waals surface area contributed by atoms with Crippen molar-refractivity contribution in [3.63, 3.8) is 0 Å². The lowest BCUT2D eigenvalue weighted by atomic mass is 9.91. The van der Waals surface area contributed by atoms with Crippen molar-refractivity contribution >= 4 is 33.2 Å². The molecule has 2 heterocycles. The van der Waals surface area contributed by atoms with E-state index in [9.17, 15) is 9.59 Å². The Morgan fingerprint density at radius 1 is 0.893 bits per heavy atom. The first-order valence-corrected chi connectivity index (χ1v) is 9.70. The number of pyridine rings is 1. The highest BCUT2D eigenvalue weighted by atomic mass is 16.1.